The highest BCUT2D eigenvalue weighted by atomic mass is 32.2. The number of benzene rings is 2. The zero-order chi connectivity index (χ0) is 16.8. The van der Waals surface area contributed by atoms with E-state index in [9.17, 15) is 4.79 Å². The van der Waals surface area contributed by atoms with Gasteiger partial charge in [0.05, 0.1) is 12.4 Å². The highest BCUT2D eigenvalue weighted by molar-refractivity contribution is 8.00. The highest BCUT2D eigenvalue weighted by Crippen LogP contribution is 2.32. The van der Waals surface area contributed by atoms with Crippen LogP contribution >= 0.6 is 11.8 Å². The molecule has 0 aromatic heterocycles. The number of hydrogen-bond donors (Lipinski definition) is 1. The topological polar surface area (TPSA) is 56.8 Å². The van der Waals surface area contributed by atoms with E-state index in [2.05, 4.69) is 5.32 Å². The Labute approximate surface area is 145 Å². The van der Waals surface area contributed by atoms with Crippen LogP contribution in [-0.2, 0) is 11.3 Å². The third kappa shape index (κ3) is 4.35. The average Bonchev–Trinajstić information content (AvgIpc) is 3.07. The SMILES string of the molecule is CCOc1ccc(SCC(=O)NCc2ccc3c(c2)OCO3)cc1. The van der Waals surface area contributed by atoms with Crippen molar-refractivity contribution < 1.29 is 19.0 Å². The Kier molecular flexibility index (Phi) is 5.48. The van der Waals surface area contributed by atoms with Crippen LogP contribution in [0, 0.1) is 0 Å². The number of thioether (sulfide) groups is 1. The first-order chi connectivity index (χ1) is 11.7. The number of rotatable bonds is 7. The molecule has 126 valence electrons. The van der Waals surface area contributed by atoms with Crippen molar-refractivity contribution in [2.24, 2.45) is 0 Å². The van der Waals surface area contributed by atoms with Gasteiger partial charge in [0.1, 0.15) is 5.75 Å². The Balaban J connectivity index is 1.44. The summed E-state index contributed by atoms with van der Waals surface area (Å²) in [5.41, 5.74) is 0.985. The molecule has 24 heavy (non-hydrogen) atoms. The zero-order valence-electron chi connectivity index (χ0n) is 13.4. The largest absolute Gasteiger partial charge is 0.494 e. The van der Waals surface area contributed by atoms with Crippen LogP contribution in [0.3, 0.4) is 0 Å². The van der Waals surface area contributed by atoms with E-state index < -0.39 is 0 Å². The second kappa shape index (κ2) is 7.97. The molecule has 0 atom stereocenters. The Bertz CT molecular complexity index is 703. The number of carbonyl (C=O) groups is 1. The normalized spacial score (nSPS) is 12.0. The van der Waals surface area contributed by atoms with E-state index >= 15 is 0 Å². The molecule has 0 saturated carbocycles. The van der Waals surface area contributed by atoms with Crippen LogP contribution in [-0.4, -0.2) is 25.1 Å². The van der Waals surface area contributed by atoms with Crippen LogP contribution in [0.2, 0.25) is 0 Å². The third-order valence-corrected chi connectivity index (χ3v) is 4.44. The van der Waals surface area contributed by atoms with Crippen molar-refractivity contribution in [2.75, 3.05) is 19.2 Å². The maximum Gasteiger partial charge on any atom is 0.231 e. The fourth-order valence-electron chi connectivity index (χ4n) is 2.25. The number of carbonyl (C=O) groups excluding carboxylic acids is 1. The summed E-state index contributed by atoms with van der Waals surface area (Å²) >= 11 is 1.50. The lowest BCUT2D eigenvalue weighted by Crippen LogP contribution is -2.24. The van der Waals surface area contributed by atoms with Crippen molar-refractivity contribution in [2.45, 2.75) is 18.4 Å². The minimum atomic E-state index is -0.00782. The van der Waals surface area contributed by atoms with Gasteiger partial charge < -0.3 is 19.5 Å². The molecule has 6 heteroatoms. The molecule has 1 N–H and O–H groups in total. The summed E-state index contributed by atoms with van der Waals surface area (Å²) in [6.45, 7) is 3.32. The molecular formula is C18H19NO4S. The van der Waals surface area contributed by atoms with Gasteiger partial charge in [-0.25, -0.2) is 0 Å². The average molecular weight is 345 g/mol. The maximum absolute atomic E-state index is 12.0. The van der Waals surface area contributed by atoms with E-state index in [0.717, 1.165) is 27.7 Å². The Morgan fingerprint density at radius 2 is 1.96 bits per heavy atom. The summed E-state index contributed by atoms with van der Waals surface area (Å²) in [5.74, 6) is 2.68. The summed E-state index contributed by atoms with van der Waals surface area (Å²) in [6, 6.07) is 13.4. The summed E-state index contributed by atoms with van der Waals surface area (Å²) in [4.78, 5) is 13.0. The van der Waals surface area contributed by atoms with Gasteiger partial charge >= 0.3 is 0 Å². The quantitative estimate of drug-likeness (QED) is 0.781. The van der Waals surface area contributed by atoms with E-state index in [1.807, 2.05) is 49.4 Å². The smallest absolute Gasteiger partial charge is 0.231 e. The van der Waals surface area contributed by atoms with Gasteiger partial charge in [-0.05, 0) is 48.9 Å². The first kappa shape index (κ1) is 16.5. The minimum absolute atomic E-state index is 0.00782. The second-order valence-electron chi connectivity index (χ2n) is 5.16. The van der Waals surface area contributed by atoms with Crippen LogP contribution in [0.15, 0.2) is 47.4 Å². The molecule has 1 amide bonds. The summed E-state index contributed by atoms with van der Waals surface area (Å²) < 4.78 is 16.0. The fraction of sp³-hybridized carbons (Fsp3) is 0.278. The van der Waals surface area contributed by atoms with E-state index in [0.29, 0.717) is 18.9 Å². The Hall–Kier alpha value is -2.34. The zero-order valence-corrected chi connectivity index (χ0v) is 14.2. The van der Waals surface area contributed by atoms with E-state index in [1.54, 1.807) is 0 Å². The molecule has 3 rings (SSSR count). The van der Waals surface area contributed by atoms with Gasteiger partial charge in [-0.2, -0.15) is 0 Å². The van der Waals surface area contributed by atoms with Crippen LogP contribution < -0.4 is 19.5 Å². The first-order valence-corrected chi connectivity index (χ1v) is 8.74. The molecule has 0 fully saturated rings. The van der Waals surface area contributed by atoms with Gasteiger partial charge in [0.25, 0.3) is 0 Å². The molecule has 1 aliphatic rings. The predicted octanol–water partition coefficient (Wildman–Crippen LogP) is 3.22. The van der Waals surface area contributed by atoms with Crippen molar-refractivity contribution >= 4 is 17.7 Å². The van der Waals surface area contributed by atoms with Crippen molar-refractivity contribution in [3.63, 3.8) is 0 Å². The van der Waals surface area contributed by atoms with Gasteiger partial charge in [0, 0.05) is 11.4 Å². The molecule has 0 spiro atoms. The summed E-state index contributed by atoms with van der Waals surface area (Å²) in [6.07, 6.45) is 0. The lowest BCUT2D eigenvalue weighted by atomic mass is 10.2. The molecule has 0 radical (unpaired) electrons. The molecule has 5 nitrogen and oxygen atoms in total. The molecular weight excluding hydrogens is 326 g/mol. The number of amides is 1. The second-order valence-corrected chi connectivity index (χ2v) is 6.21. The number of hydrogen-bond acceptors (Lipinski definition) is 5. The lowest BCUT2D eigenvalue weighted by Gasteiger charge is -2.07. The minimum Gasteiger partial charge on any atom is -0.494 e. The predicted molar refractivity (Wildman–Crippen MR) is 92.7 cm³/mol. The third-order valence-electron chi connectivity index (χ3n) is 3.43. The highest BCUT2D eigenvalue weighted by Gasteiger charge is 2.13. The molecule has 0 unspecified atom stereocenters. The van der Waals surface area contributed by atoms with Crippen LogP contribution in [0.5, 0.6) is 17.2 Å². The Morgan fingerprint density at radius 1 is 1.17 bits per heavy atom. The van der Waals surface area contributed by atoms with Gasteiger partial charge in [-0.1, -0.05) is 6.07 Å². The van der Waals surface area contributed by atoms with Gasteiger partial charge in [0.2, 0.25) is 12.7 Å². The van der Waals surface area contributed by atoms with Gasteiger partial charge in [-0.3, -0.25) is 4.79 Å². The molecule has 1 aliphatic heterocycles. The van der Waals surface area contributed by atoms with Gasteiger partial charge in [-0.15, -0.1) is 11.8 Å². The van der Waals surface area contributed by atoms with Crippen molar-refractivity contribution in [3.8, 4) is 17.2 Å². The molecule has 1 heterocycles. The van der Waals surface area contributed by atoms with E-state index in [1.165, 1.54) is 11.8 Å². The Morgan fingerprint density at radius 3 is 2.75 bits per heavy atom. The standard InChI is InChI=1S/C18H19NO4S/c1-2-21-14-4-6-15(7-5-14)24-11-18(20)19-10-13-3-8-16-17(9-13)23-12-22-16/h3-9H,2,10-12H2,1H3,(H,19,20). The van der Waals surface area contributed by atoms with Crippen LogP contribution in [0.1, 0.15) is 12.5 Å². The van der Waals surface area contributed by atoms with E-state index in [4.69, 9.17) is 14.2 Å². The number of fused-ring (bicyclic) bond motifs is 1. The molecule has 0 bridgehead atoms. The molecule has 0 saturated heterocycles. The van der Waals surface area contributed by atoms with Gasteiger partial charge in [0.15, 0.2) is 11.5 Å². The number of ether oxygens (including phenoxy) is 3. The van der Waals surface area contributed by atoms with Crippen molar-refractivity contribution in [1.82, 2.24) is 5.32 Å². The molecule has 2 aromatic rings. The molecule has 2 aromatic carbocycles. The summed E-state index contributed by atoms with van der Waals surface area (Å²) in [5, 5.41) is 2.91. The molecule has 0 aliphatic carbocycles. The fourth-order valence-corrected chi connectivity index (χ4v) is 2.98. The summed E-state index contributed by atoms with van der Waals surface area (Å²) in [7, 11) is 0. The van der Waals surface area contributed by atoms with Crippen LogP contribution in [0.25, 0.3) is 0 Å². The van der Waals surface area contributed by atoms with Crippen molar-refractivity contribution in [1.29, 1.82) is 0 Å². The van der Waals surface area contributed by atoms with Crippen molar-refractivity contribution in [3.05, 3.63) is 48.0 Å². The lowest BCUT2D eigenvalue weighted by molar-refractivity contribution is -0.118. The monoisotopic (exact) mass is 345 g/mol. The maximum atomic E-state index is 12.0. The number of nitrogens with one attached hydrogen (secondary N) is 1. The van der Waals surface area contributed by atoms with Crippen LogP contribution in [0.4, 0.5) is 0 Å². The first-order valence-electron chi connectivity index (χ1n) is 7.75. The van der Waals surface area contributed by atoms with E-state index in [-0.39, 0.29) is 12.7 Å².